The van der Waals surface area contributed by atoms with E-state index in [9.17, 15) is 4.79 Å². The molecule has 4 rings (SSSR count). The number of fused-ring (bicyclic) bond motifs is 1. The number of morpholine rings is 1. The first-order valence-electron chi connectivity index (χ1n) is 9.07. The quantitative estimate of drug-likeness (QED) is 0.717. The Morgan fingerprint density at radius 1 is 1.33 bits per heavy atom. The second-order valence-electron chi connectivity index (χ2n) is 6.74. The van der Waals surface area contributed by atoms with Crippen molar-refractivity contribution in [1.82, 2.24) is 14.8 Å². The number of thiazole rings is 1. The lowest BCUT2D eigenvalue weighted by molar-refractivity contribution is -0.131. The lowest BCUT2D eigenvalue weighted by atomic mass is 10.2. The summed E-state index contributed by atoms with van der Waals surface area (Å²) in [5.41, 5.74) is 0. The minimum Gasteiger partial charge on any atom is -0.483 e. The average molecular weight is 398 g/mol. The molecule has 10 heteroatoms. The van der Waals surface area contributed by atoms with Crippen LogP contribution in [0.3, 0.4) is 0 Å². The van der Waals surface area contributed by atoms with Crippen LogP contribution in [0.15, 0.2) is 6.20 Å². The van der Waals surface area contributed by atoms with Crippen molar-refractivity contribution in [1.29, 1.82) is 0 Å². The Balaban J connectivity index is 0.000000659. The largest absolute Gasteiger partial charge is 0.483 e. The van der Waals surface area contributed by atoms with Gasteiger partial charge in [-0.15, -0.1) is 11.3 Å². The standard InChI is InChI=1S/C16H24N4O3S.CH2O2/c1-18-13-10-19(11-14(13)23-5-2-15(18)21)9-12-8-17-16(24-12)20-3-6-22-7-4-20;2-1-3/h8,13-14H,2-7,9-11H2,1H3;1H,(H,2,3)/t13-,14-;/m0./s1. The first kappa shape index (κ1) is 20.0. The highest BCUT2D eigenvalue weighted by Crippen LogP contribution is 2.27. The first-order chi connectivity index (χ1) is 13.1. The maximum absolute atomic E-state index is 12.0. The van der Waals surface area contributed by atoms with Gasteiger partial charge in [0.2, 0.25) is 5.91 Å². The molecule has 1 aromatic heterocycles. The summed E-state index contributed by atoms with van der Waals surface area (Å²) in [6.45, 7) is 6.32. The van der Waals surface area contributed by atoms with Crippen LogP contribution in [0.2, 0.25) is 0 Å². The Morgan fingerprint density at radius 2 is 2.07 bits per heavy atom. The number of ether oxygens (including phenoxy) is 2. The molecule has 0 bridgehead atoms. The molecule has 0 saturated carbocycles. The van der Waals surface area contributed by atoms with E-state index in [4.69, 9.17) is 19.4 Å². The molecule has 1 amide bonds. The summed E-state index contributed by atoms with van der Waals surface area (Å²) in [6.07, 6.45) is 2.62. The van der Waals surface area contributed by atoms with E-state index in [0.717, 1.165) is 51.1 Å². The molecular formula is C17H26N4O5S. The molecule has 4 heterocycles. The number of rotatable bonds is 3. The van der Waals surface area contributed by atoms with E-state index >= 15 is 0 Å². The van der Waals surface area contributed by atoms with Gasteiger partial charge in [0, 0.05) is 50.8 Å². The monoisotopic (exact) mass is 398 g/mol. The number of carbonyl (C=O) groups excluding carboxylic acids is 1. The van der Waals surface area contributed by atoms with Crippen LogP contribution in [-0.4, -0.2) is 97.5 Å². The highest BCUT2D eigenvalue weighted by molar-refractivity contribution is 7.15. The molecule has 0 aromatic carbocycles. The number of carbonyl (C=O) groups is 2. The Labute approximate surface area is 162 Å². The molecule has 150 valence electrons. The molecule has 27 heavy (non-hydrogen) atoms. The molecule has 0 spiro atoms. The molecule has 0 unspecified atom stereocenters. The molecule has 0 aliphatic carbocycles. The summed E-state index contributed by atoms with van der Waals surface area (Å²) in [5.74, 6) is 0.191. The van der Waals surface area contributed by atoms with Gasteiger partial charge in [-0.3, -0.25) is 14.5 Å². The summed E-state index contributed by atoms with van der Waals surface area (Å²) < 4.78 is 11.3. The van der Waals surface area contributed by atoms with Crippen LogP contribution in [0, 0.1) is 0 Å². The second-order valence-corrected chi connectivity index (χ2v) is 7.83. The second kappa shape index (κ2) is 9.45. The van der Waals surface area contributed by atoms with Crippen LogP contribution in [-0.2, 0) is 25.6 Å². The van der Waals surface area contributed by atoms with Gasteiger partial charge in [0.05, 0.1) is 38.4 Å². The summed E-state index contributed by atoms with van der Waals surface area (Å²) >= 11 is 1.76. The van der Waals surface area contributed by atoms with Crippen molar-refractivity contribution >= 4 is 28.8 Å². The predicted octanol–water partition coefficient (Wildman–Crippen LogP) is 0.112. The number of likely N-dealkylation sites (N-methyl/N-ethyl adjacent to an activating group) is 1. The van der Waals surface area contributed by atoms with Gasteiger partial charge in [-0.1, -0.05) is 0 Å². The van der Waals surface area contributed by atoms with Gasteiger partial charge >= 0.3 is 0 Å². The van der Waals surface area contributed by atoms with Crippen molar-refractivity contribution in [3.05, 3.63) is 11.1 Å². The van der Waals surface area contributed by atoms with Crippen molar-refractivity contribution in [2.75, 3.05) is 57.9 Å². The Kier molecular flexibility index (Phi) is 7.00. The third kappa shape index (κ3) is 4.95. The minimum atomic E-state index is -0.250. The van der Waals surface area contributed by atoms with E-state index in [-0.39, 0.29) is 24.5 Å². The Hall–Kier alpha value is -1.75. The van der Waals surface area contributed by atoms with Crippen LogP contribution in [0.5, 0.6) is 0 Å². The van der Waals surface area contributed by atoms with Crippen LogP contribution in [0.4, 0.5) is 5.13 Å². The number of carboxylic acid groups (broad SMARTS) is 1. The highest BCUT2D eigenvalue weighted by Gasteiger charge is 2.39. The Morgan fingerprint density at radius 3 is 2.81 bits per heavy atom. The minimum absolute atomic E-state index is 0.132. The van der Waals surface area contributed by atoms with E-state index in [0.29, 0.717) is 13.0 Å². The third-order valence-corrected chi connectivity index (χ3v) is 6.10. The van der Waals surface area contributed by atoms with Gasteiger partial charge in [0.25, 0.3) is 6.47 Å². The van der Waals surface area contributed by atoms with Gasteiger partial charge in [-0.25, -0.2) is 4.98 Å². The summed E-state index contributed by atoms with van der Waals surface area (Å²) in [6, 6.07) is 0.173. The van der Waals surface area contributed by atoms with Crippen LogP contribution < -0.4 is 4.90 Å². The van der Waals surface area contributed by atoms with Crippen molar-refractivity contribution in [2.24, 2.45) is 0 Å². The van der Waals surface area contributed by atoms with Crippen LogP contribution in [0.1, 0.15) is 11.3 Å². The number of aromatic nitrogens is 1. The molecular weight excluding hydrogens is 372 g/mol. The summed E-state index contributed by atoms with van der Waals surface area (Å²) in [7, 11) is 1.90. The number of hydrogen-bond donors (Lipinski definition) is 1. The molecule has 1 aromatic rings. The number of hydrogen-bond acceptors (Lipinski definition) is 8. The number of amides is 1. The van der Waals surface area contributed by atoms with Gasteiger partial charge in [0.1, 0.15) is 0 Å². The fraction of sp³-hybridized carbons (Fsp3) is 0.706. The zero-order chi connectivity index (χ0) is 19.2. The van der Waals surface area contributed by atoms with Gasteiger partial charge < -0.3 is 24.4 Å². The number of nitrogens with zero attached hydrogens (tertiary/aromatic N) is 4. The molecule has 3 aliphatic heterocycles. The summed E-state index contributed by atoms with van der Waals surface area (Å²) in [4.78, 5) is 32.8. The Bertz CT molecular complexity index is 637. The predicted molar refractivity (Wildman–Crippen MR) is 100 cm³/mol. The van der Waals surface area contributed by atoms with Crippen molar-refractivity contribution in [2.45, 2.75) is 25.1 Å². The average Bonchev–Trinajstić information content (AvgIpc) is 3.27. The maximum atomic E-state index is 12.0. The van der Waals surface area contributed by atoms with E-state index in [1.54, 1.807) is 11.3 Å². The zero-order valence-corrected chi connectivity index (χ0v) is 16.3. The van der Waals surface area contributed by atoms with Crippen LogP contribution >= 0.6 is 11.3 Å². The molecule has 0 radical (unpaired) electrons. The van der Waals surface area contributed by atoms with E-state index in [1.165, 1.54) is 4.88 Å². The molecule has 3 aliphatic rings. The fourth-order valence-corrected chi connectivity index (χ4v) is 4.65. The van der Waals surface area contributed by atoms with Gasteiger partial charge in [-0.05, 0) is 0 Å². The zero-order valence-electron chi connectivity index (χ0n) is 15.5. The van der Waals surface area contributed by atoms with Crippen molar-refractivity contribution in [3.8, 4) is 0 Å². The number of likely N-dealkylation sites (tertiary alicyclic amines) is 1. The first-order valence-corrected chi connectivity index (χ1v) is 9.89. The van der Waals surface area contributed by atoms with E-state index < -0.39 is 0 Å². The van der Waals surface area contributed by atoms with Crippen molar-refractivity contribution in [3.63, 3.8) is 0 Å². The molecule has 3 saturated heterocycles. The van der Waals surface area contributed by atoms with E-state index in [2.05, 4.69) is 14.8 Å². The molecule has 1 N–H and O–H groups in total. The topological polar surface area (TPSA) is 95.4 Å². The van der Waals surface area contributed by atoms with Crippen molar-refractivity contribution < 1.29 is 24.2 Å². The van der Waals surface area contributed by atoms with Gasteiger partial charge in [-0.2, -0.15) is 0 Å². The molecule has 3 fully saturated rings. The molecule has 2 atom stereocenters. The lowest BCUT2D eigenvalue weighted by Crippen LogP contribution is -2.42. The lowest BCUT2D eigenvalue weighted by Gasteiger charge is -2.26. The summed E-state index contributed by atoms with van der Waals surface area (Å²) in [5, 5.41) is 7.98. The smallest absolute Gasteiger partial charge is 0.290 e. The SMILES string of the molecule is CN1C(=O)CCO[C@H]2CN(Cc3cnc(N4CCOCC4)s3)C[C@@H]21.O=CO. The van der Waals surface area contributed by atoms with Gasteiger partial charge in [0.15, 0.2) is 5.13 Å². The maximum Gasteiger partial charge on any atom is 0.290 e. The normalized spacial score (nSPS) is 26.2. The third-order valence-electron chi connectivity index (χ3n) is 5.05. The van der Waals surface area contributed by atoms with E-state index in [1.807, 2.05) is 18.1 Å². The number of anilines is 1. The molecule has 9 nitrogen and oxygen atoms in total. The fourth-order valence-electron chi connectivity index (χ4n) is 3.65. The van der Waals surface area contributed by atoms with Crippen LogP contribution in [0.25, 0.3) is 0 Å². The highest BCUT2D eigenvalue weighted by atomic mass is 32.1.